The van der Waals surface area contributed by atoms with Crippen molar-refractivity contribution in [1.82, 2.24) is 15.3 Å². The Hall–Kier alpha value is -3.15. The minimum Gasteiger partial charge on any atom is -0.465 e. The summed E-state index contributed by atoms with van der Waals surface area (Å²) in [5, 5.41) is 6.40. The van der Waals surface area contributed by atoms with Crippen molar-refractivity contribution in [1.29, 1.82) is 0 Å². The zero-order chi connectivity index (χ0) is 20.1. The van der Waals surface area contributed by atoms with Crippen LogP contribution in [0.1, 0.15) is 54.0 Å². The zero-order valence-corrected chi connectivity index (χ0v) is 16.6. The molecule has 4 rings (SSSR count). The van der Waals surface area contributed by atoms with Gasteiger partial charge in [0.1, 0.15) is 23.7 Å². The molecular weight excluding hydrogens is 364 g/mol. The van der Waals surface area contributed by atoms with Gasteiger partial charge in [0.2, 0.25) is 0 Å². The van der Waals surface area contributed by atoms with Crippen molar-refractivity contribution < 1.29 is 9.21 Å². The van der Waals surface area contributed by atoms with E-state index in [0.717, 1.165) is 28.6 Å². The van der Waals surface area contributed by atoms with Gasteiger partial charge in [-0.15, -0.1) is 0 Å². The number of anilines is 1. The lowest BCUT2D eigenvalue weighted by atomic mass is 9.95. The van der Waals surface area contributed by atoms with E-state index in [-0.39, 0.29) is 5.91 Å². The predicted molar refractivity (Wildman–Crippen MR) is 113 cm³/mol. The molecule has 2 N–H and O–H groups in total. The van der Waals surface area contributed by atoms with Crippen molar-refractivity contribution in [2.24, 2.45) is 0 Å². The molecule has 0 unspecified atom stereocenters. The van der Waals surface area contributed by atoms with E-state index in [0.29, 0.717) is 18.2 Å². The summed E-state index contributed by atoms with van der Waals surface area (Å²) in [6.45, 7) is 2.25. The molecule has 0 atom stereocenters. The standard InChI is InChI=1S/C23H26N4O2/c1-16-7-12-20(29-16)14-24-23(28)18-10-8-17(9-11-18)21-13-22(26-15-25-21)27-19-5-3-2-4-6-19/h7-13,15,19H,2-6,14H2,1H3,(H,24,28)(H,25,26,27). The lowest BCUT2D eigenvalue weighted by Gasteiger charge is -2.23. The van der Waals surface area contributed by atoms with Crippen LogP contribution in [0.3, 0.4) is 0 Å². The quantitative estimate of drug-likeness (QED) is 0.637. The van der Waals surface area contributed by atoms with Gasteiger partial charge in [0.05, 0.1) is 12.2 Å². The van der Waals surface area contributed by atoms with E-state index in [1.54, 1.807) is 6.33 Å². The molecule has 2 aromatic heterocycles. The van der Waals surface area contributed by atoms with Crippen molar-refractivity contribution in [2.45, 2.75) is 51.6 Å². The number of nitrogens with one attached hydrogen (secondary N) is 2. The number of hydrogen-bond acceptors (Lipinski definition) is 5. The fraction of sp³-hybridized carbons (Fsp3) is 0.348. The topological polar surface area (TPSA) is 80.0 Å². The van der Waals surface area contributed by atoms with Gasteiger partial charge in [-0.1, -0.05) is 31.4 Å². The van der Waals surface area contributed by atoms with E-state index in [1.165, 1.54) is 32.1 Å². The molecule has 150 valence electrons. The van der Waals surface area contributed by atoms with Gasteiger partial charge in [0, 0.05) is 23.2 Å². The van der Waals surface area contributed by atoms with Crippen LogP contribution in [0.25, 0.3) is 11.3 Å². The van der Waals surface area contributed by atoms with Crippen molar-refractivity contribution in [2.75, 3.05) is 5.32 Å². The van der Waals surface area contributed by atoms with Crippen LogP contribution in [-0.4, -0.2) is 21.9 Å². The van der Waals surface area contributed by atoms with E-state index in [4.69, 9.17) is 4.42 Å². The Bertz CT molecular complexity index is 959. The average molecular weight is 390 g/mol. The number of amides is 1. The Morgan fingerprint density at radius 1 is 1.07 bits per heavy atom. The Labute approximate surface area is 170 Å². The molecule has 1 aliphatic carbocycles. The van der Waals surface area contributed by atoms with Crippen LogP contribution in [0.2, 0.25) is 0 Å². The third-order valence-electron chi connectivity index (χ3n) is 5.29. The molecule has 0 radical (unpaired) electrons. The number of nitrogens with zero attached hydrogens (tertiary/aromatic N) is 2. The van der Waals surface area contributed by atoms with E-state index in [1.807, 2.05) is 49.4 Å². The number of carbonyl (C=O) groups excluding carboxylic acids is 1. The molecule has 6 heteroatoms. The van der Waals surface area contributed by atoms with Gasteiger partial charge in [-0.25, -0.2) is 9.97 Å². The average Bonchev–Trinajstić information content (AvgIpc) is 3.18. The third-order valence-corrected chi connectivity index (χ3v) is 5.29. The zero-order valence-electron chi connectivity index (χ0n) is 16.6. The first-order chi connectivity index (χ1) is 14.2. The Balaban J connectivity index is 1.39. The molecule has 0 spiro atoms. The summed E-state index contributed by atoms with van der Waals surface area (Å²) in [4.78, 5) is 21.1. The summed E-state index contributed by atoms with van der Waals surface area (Å²) in [6, 6.07) is 13.7. The highest BCUT2D eigenvalue weighted by Gasteiger charge is 2.14. The normalized spacial score (nSPS) is 14.5. The first-order valence-corrected chi connectivity index (χ1v) is 10.2. The molecule has 0 aliphatic heterocycles. The molecule has 3 aromatic rings. The molecule has 29 heavy (non-hydrogen) atoms. The molecule has 1 aliphatic rings. The number of carbonyl (C=O) groups is 1. The molecule has 1 saturated carbocycles. The number of aromatic nitrogens is 2. The van der Waals surface area contributed by atoms with E-state index < -0.39 is 0 Å². The summed E-state index contributed by atoms with van der Waals surface area (Å²) in [6.07, 6.45) is 7.86. The summed E-state index contributed by atoms with van der Waals surface area (Å²) in [5.74, 6) is 2.30. The highest BCUT2D eigenvalue weighted by molar-refractivity contribution is 5.94. The maximum absolute atomic E-state index is 12.4. The van der Waals surface area contributed by atoms with E-state index >= 15 is 0 Å². The number of benzene rings is 1. The SMILES string of the molecule is Cc1ccc(CNC(=O)c2ccc(-c3cc(NC4CCCCC4)ncn3)cc2)o1. The van der Waals surface area contributed by atoms with E-state index in [9.17, 15) is 4.79 Å². The molecular formula is C23H26N4O2. The highest BCUT2D eigenvalue weighted by Crippen LogP contribution is 2.23. The van der Waals surface area contributed by atoms with Crippen LogP contribution in [0.5, 0.6) is 0 Å². The largest absolute Gasteiger partial charge is 0.465 e. The fourth-order valence-corrected chi connectivity index (χ4v) is 3.69. The lowest BCUT2D eigenvalue weighted by Crippen LogP contribution is -2.22. The molecule has 1 amide bonds. The Morgan fingerprint density at radius 3 is 2.59 bits per heavy atom. The van der Waals surface area contributed by atoms with Gasteiger partial charge >= 0.3 is 0 Å². The van der Waals surface area contributed by atoms with Crippen LogP contribution in [0, 0.1) is 6.92 Å². The molecule has 2 heterocycles. The van der Waals surface area contributed by atoms with Gasteiger partial charge < -0.3 is 15.1 Å². The van der Waals surface area contributed by atoms with Crippen molar-refractivity contribution >= 4 is 11.7 Å². The Kier molecular flexibility index (Phi) is 5.89. The van der Waals surface area contributed by atoms with Crippen LogP contribution in [0.4, 0.5) is 5.82 Å². The number of hydrogen-bond donors (Lipinski definition) is 2. The minimum absolute atomic E-state index is 0.132. The maximum atomic E-state index is 12.4. The van der Waals surface area contributed by atoms with Crippen LogP contribution in [-0.2, 0) is 6.54 Å². The smallest absolute Gasteiger partial charge is 0.251 e. The summed E-state index contributed by atoms with van der Waals surface area (Å²) in [5.41, 5.74) is 2.40. The second-order valence-corrected chi connectivity index (χ2v) is 7.54. The Morgan fingerprint density at radius 2 is 1.86 bits per heavy atom. The van der Waals surface area contributed by atoms with Gasteiger partial charge in [-0.3, -0.25) is 4.79 Å². The van der Waals surface area contributed by atoms with E-state index in [2.05, 4.69) is 20.6 Å². The monoisotopic (exact) mass is 390 g/mol. The van der Waals surface area contributed by atoms with Gasteiger partial charge in [-0.2, -0.15) is 0 Å². The van der Waals surface area contributed by atoms with Crippen LogP contribution < -0.4 is 10.6 Å². The second-order valence-electron chi connectivity index (χ2n) is 7.54. The predicted octanol–water partition coefficient (Wildman–Crippen LogP) is 4.72. The third kappa shape index (κ3) is 5.02. The van der Waals surface area contributed by atoms with Gasteiger partial charge in [0.15, 0.2) is 0 Å². The number of aryl methyl sites for hydroxylation is 1. The van der Waals surface area contributed by atoms with Crippen molar-refractivity contribution in [3.8, 4) is 11.3 Å². The summed E-state index contributed by atoms with van der Waals surface area (Å²) >= 11 is 0. The molecule has 1 fully saturated rings. The van der Waals surface area contributed by atoms with Gasteiger partial charge in [-0.05, 0) is 44.0 Å². The van der Waals surface area contributed by atoms with Gasteiger partial charge in [0.25, 0.3) is 5.91 Å². The summed E-state index contributed by atoms with van der Waals surface area (Å²) < 4.78 is 5.48. The molecule has 1 aromatic carbocycles. The first-order valence-electron chi connectivity index (χ1n) is 10.2. The fourth-order valence-electron chi connectivity index (χ4n) is 3.69. The molecule has 0 saturated heterocycles. The summed E-state index contributed by atoms with van der Waals surface area (Å²) in [7, 11) is 0. The second kappa shape index (κ2) is 8.90. The highest BCUT2D eigenvalue weighted by atomic mass is 16.3. The minimum atomic E-state index is -0.132. The van der Waals surface area contributed by atoms with Crippen molar-refractivity contribution in [3.05, 3.63) is 65.9 Å². The van der Waals surface area contributed by atoms with Crippen LogP contribution in [0.15, 0.2) is 53.2 Å². The molecule has 6 nitrogen and oxygen atoms in total. The first kappa shape index (κ1) is 19.2. The van der Waals surface area contributed by atoms with Crippen molar-refractivity contribution in [3.63, 3.8) is 0 Å². The maximum Gasteiger partial charge on any atom is 0.251 e. The number of rotatable bonds is 6. The molecule has 0 bridgehead atoms. The number of furan rings is 1. The lowest BCUT2D eigenvalue weighted by molar-refractivity contribution is 0.0948. The van der Waals surface area contributed by atoms with Crippen LogP contribution >= 0.6 is 0 Å².